The van der Waals surface area contributed by atoms with Crippen LogP contribution in [0, 0.1) is 13.8 Å². The third kappa shape index (κ3) is 1.52. The Morgan fingerprint density at radius 3 is 2.69 bits per heavy atom. The number of esters is 1. The molecule has 0 aliphatic carbocycles. The van der Waals surface area contributed by atoms with E-state index in [1.54, 1.807) is 26.0 Å². The van der Waals surface area contributed by atoms with Crippen molar-refractivity contribution >= 4 is 16.9 Å². The second kappa shape index (κ2) is 3.56. The normalized spacial score (nSPS) is 10.7. The van der Waals surface area contributed by atoms with Crippen LogP contribution in [0.2, 0.25) is 0 Å². The number of carbonyl (C=O) groups is 1. The maximum Gasteiger partial charge on any atom is 0.308 e. The number of carbonyl (C=O) groups excluding carboxylic acids is 1. The van der Waals surface area contributed by atoms with E-state index in [2.05, 4.69) is 0 Å². The number of furan rings is 1. The molecule has 0 saturated carbocycles. The molecule has 84 valence electrons. The van der Waals surface area contributed by atoms with Gasteiger partial charge in [-0.1, -0.05) is 0 Å². The van der Waals surface area contributed by atoms with E-state index >= 15 is 0 Å². The number of phenols is 1. The minimum Gasteiger partial charge on any atom is -0.508 e. The van der Waals surface area contributed by atoms with Gasteiger partial charge in [-0.2, -0.15) is 0 Å². The van der Waals surface area contributed by atoms with Gasteiger partial charge in [0.15, 0.2) is 5.75 Å². The van der Waals surface area contributed by atoms with Gasteiger partial charge in [0.2, 0.25) is 0 Å². The Balaban J connectivity index is 2.71. The lowest BCUT2D eigenvalue weighted by atomic mass is 10.1. The standard InChI is InChI=1S/C12H12O4/c1-6-10(14)5-4-9-11(6)15-7(2)12(9)16-8(3)13/h4-5,14H,1-3H3. The topological polar surface area (TPSA) is 59.7 Å². The molecule has 0 fully saturated rings. The number of rotatable bonds is 1. The van der Waals surface area contributed by atoms with Crippen LogP contribution in [0.25, 0.3) is 11.0 Å². The Labute approximate surface area is 92.4 Å². The Kier molecular flexibility index (Phi) is 2.34. The molecule has 0 aliphatic heterocycles. The van der Waals surface area contributed by atoms with Crippen LogP contribution >= 0.6 is 0 Å². The Bertz CT molecular complexity index is 566. The van der Waals surface area contributed by atoms with Gasteiger partial charge in [0.25, 0.3) is 0 Å². The molecule has 0 aliphatic rings. The summed E-state index contributed by atoms with van der Waals surface area (Å²) in [4.78, 5) is 10.9. The van der Waals surface area contributed by atoms with Gasteiger partial charge in [0.1, 0.15) is 17.1 Å². The number of aryl methyl sites for hydroxylation is 2. The molecular weight excluding hydrogens is 208 g/mol. The van der Waals surface area contributed by atoms with Crippen molar-refractivity contribution in [2.24, 2.45) is 0 Å². The average molecular weight is 220 g/mol. The Morgan fingerprint density at radius 1 is 1.38 bits per heavy atom. The van der Waals surface area contributed by atoms with E-state index in [1.807, 2.05) is 0 Å². The number of benzene rings is 1. The van der Waals surface area contributed by atoms with E-state index in [0.717, 1.165) is 0 Å². The zero-order valence-electron chi connectivity index (χ0n) is 9.33. The van der Waals surface area contributed by atoms with Gasteiger partial charge >= 0.3 is 5.97 Å². The van der Waals surface area contributed by atoms with Crippen molar-refractivity contribution in [3.8, 4) is 11.5 Å². The van der Waals surface area contributed by atoms with Crippen LogP contribution in [0.15, 0.2) is 16.5 Å². The minimum atomic E-state index is -0.392. The van der Waals surface area contributed by atoms with Crippen LogP contribution < -0.4 is 4.74 Å². The number of fused-ring (bicyclic) bond motifs is 1. The molecule has 4 heteroatoms. The third-order valence-corrected chi connectivity index (χ3v) is 2.44. The molecule has 1 aromatic heterocycles. The molecule has 1 heterocycles. The maximum atomic E-state index is 10.9. The maximum absolute atomic E-state index is 10.9. The first-order valence-corrected chi connectivity index (χ1v) is 4.90. The molecule has 0 unspecified atom stereocenters. The third-order valence-electron chi connectivity index (χ3n) is 2.44. The van der Waals surface area contributed by atoms with E-state index in [-0.39, 0.29) is 5.75 Å². The number of ether oxygens (including phenoxy) is 1. The molecular formula is C12H12O4. The molecule has 1 N–H and O–H groups in total. The highest BCUT2D eigenvalue weighted by molar-refractivity contribution is 5.91. The zero-order valence-corrected chi connectivity index (χ0v) is 9.33. The van der Waals surface area contributed by atoms with Crippen molar-refractivity contribution in [3.63, 3.8) is 0 Å². The SMILES string of the molecule is CC(=O)Oc1c(C)oc2c(C)c(O)ccc12. The summed E-state index contributed by atoms with van der Waals surface area (Å²) in [7, 11) is 0. The molecule has 0 radical (unpaired) electrons. The van der Waals surface area contributed by atoms with Crippen LogP contribution in [0.5, 0.6) is 11.5 Å². The predicted octanol–water partition coefficient (Wildman–Crippen LogP) is 2.68. The van der Waals surface area contributed by atoms with Crippen molar-refractivity contribution in [2.75, 3.05) is 0 Å². The molecule has 0 bridgehead atoms. The van der Waals surface area contributed by atoms with Crippen molar-refractivity contribution in [1.82, 2.24) is 0 Å². The number of aromatic hydroxyl groups is 1. The monoisotopic (exact) mass is 220 g/mol. The summed E-state index contributed by atoms with van der Waals surface area (Å²) in [5.74, 6) is 0.719. The van der Waals surface area contributed by atoms with E-state index in [1.165, 1.54) is 6.92 Å². The molecule has 0 amide bonds. The van der Waals surface area contributed by atoms with Gasteiger partial charge < -0.3 is 14.3 Å². The highest BCUT2D eigenvalue weighted by Crippen LogP contribution is 2.37. The highest BCUT2D eigenvalue weighted by Gasteiger charge is 2.16. The van der Waals surface area contributed by atoms with Crippen LogP contribution in [0.1, 0.15) is 18.2 Å². The van der Waals surface area contributed by atoms with Gasteiger partial charge in [-0.25, -0.2) is 0 Å². The van der Waals surface area contributed by atoms with Crippen LogP contribution in [-0.2, 0) is 4.79 Å². The minimum absolute atomic E-state index is 0.163. The number of phenolic OH excluding ortho intramolecular Hbond substituents is 1. The molecule has 2 rings (SSSR count). The van der Waals surface area contributed by atoms with Crippen molar-refractivity contribution in [2.45, 2.75) is 20.8 Å². The predicted molar refractivity (Wildman–Crippen MR) is 58.7 cm³/mol. The summed E-state index contributed by atoms with van der Waals surface area (Å²) in [6, 6.07) is 3.23. The summed E-state index contributed by atoms with van der Waals surface area (Å²) >= 11 is 0. The lowest BCUT2D eigenvalue weighted by Gasteiger charge is -2.00. The summed E-state index contributed by atoms with van der Waals surface area (Å²) in [5.41, 5.74) is 1.19. The molecule has 2 aromatic rings. The highest BCUT2D eigenvalue weighted by atomic mass is 16.5. The van der Waals surface area contributed by atoms with E-state index in [0.29, 0.717) is 28.0 Å². The molecule has 1 aromatic carbocycles. The molecule has 16 heavy (non-hydrogen) atoms. The largest absolute Gasteiger partial charge is 0.508 e. The average Bonchev–Trinajstić information content (AvgIpc) is 2.51. The van der Waals surface area contributed by atoms with Crippen molar-refractivity contribution in [3.05, 3.63) is 23.5 Å². The van der Waals surface area contributed by atoms with Gasteiger partial charge in [0.05, 0.1) is 5.39 Å². The zero-order chi connectivity index (χ0) is 11.9. The van der Waals surface area contributed by atoms with Gasteiger partial charge in [-0.3, -0.25) is 4.79 Å². The summed E-state index contributed by atoms with van der Waals surface area (Å²) in [6.45, 7) is 4.80. The first kappa shape index (κ1) is 10.5. The lowest BCUT2D eigenvalue weighted by molar-refractivity contribution is -0.131. The van der Waals surface area contributed by atoms with E-state index in [9.17, 15) is 9.90 Å². The molecule has 0 spiro atoms. The van der Waals surface area contributed by atoms with Gasteiger partial charge in [-0.05, 0) is 26.0 Å². The molecule has 0 atom stereocenters. The van der Waals surface area contributed by atoms with E-state index in [4.69, 9.17) is 9.15 Å². The number of hydrogen-bond donors (Lipinski definition) is 1. The second-order valence-corrected chi connectivity index (χ2v) is 3.67. The quantitative estimate of drug-likeness (QED) is 0.750. The Hall–Kier alpha value is -1.97. The van der Waals surface area contributed by atoms with Crippen molar-refractivity contribution < 1.29 is 19.1 Å². The lowest BCUT2D eigenvalue weighted by Crippen LogP contribution is -2.01. The van der Waals surface area contributed by atoms with Crippen LogP contribution in [0.3, 0.4) is 0 Å². The summed E-state index contributed by atoms with van der Waals surface area (Å²) in [5, 5.41) is 10.2. The number of hydrogen-bond acceptors (Lipinski definition) is 4. The first-order chi connectivity index (χ1) is 7.50. The van der Waals surface area contributed by atoms with Gasteiger partial charge in [0, 0.05) is 12.5 Å². The summed E-state index contributed by atoms with van der Waals surface area (Å²) < 4.78 is 10.6. The fraction of sp³-hybridized carbons (Fsp3) is 0.250. The van der Waals surface area contributed by atoms with Gasteiger partial charge in [-0.15, -0.1) is 0 Å². The second-order valence-electron chi connectivity index (χ2n) is 3.67. The van der Waals surface area contributed by atoms with E-state index < -0.39 is 5.97 Å². The fourth-order valence-electron chi connectivity index (χ4n) is 1.65. The first-order valence-electron chi connectivity index (χ1n) is 4.90. The van der Waals surface area contributed by atoms with Crippen LogP contribution in [0.4, 0.5) is 0 Å². The smallest absolute Gasteiger partial charge is 0.308 e. The molecule has 4 nitrogen and oxygen atoms in total. The molecule has 0 saturated heterocycles. The Morgan fingerprint density at radius 2 is 2.06 bits per heavy atom. The fourth-order valence-corrected chi connectivity index (χ4v) is 1.65. The summed E-state index contributed by atoms with van der Waals surface area (Å²) in [6.07, 6.45) is 0. The van der Waals surface area contributed by atoms with Crippen LogP contribution in [-0.4, -0.2) is 11.1 Å². The van der Waals surface area contributed by atoms with Crippen molar-refractivity contribution in [1.29, 1.82) is 0 Å².